The van der Waals surface area contributed by atoms with E-state index in [1.807, 2.05) is 50.2 Å². The lowest BCUT2D eigenvalue weighted by atomic mass is 10.1. The van der Waals surface area contributed by atoms with Gasteiger partial charge in [-0.1, -0.05) is 24.3 Å². The maximum absolute atomic E-state index is 12.0. The number of aryl methyl sites for hydroxylation is 1. The number of nitrogens with one attached hydrogen (secondary N) is 1. The Morgan fingerprint density at radius 3 is 2.67 bits per heavy atom. The molecule has 21 heavy (non-hydrogen) atoms. The predicted octanol–water partition coefficient (Wildman–Crippen LogP) is 5.19. The first-order chi connectivity index (χ1) is 10.1. The molecule has 2 aromatic carbocycles. The molecule has 0 aliphatic rings. The summed E-state index contributed by atoms with van der Waals surface area (Å²) in [4.78, 5) is 13.2. The van der Waals surface area contributed by atoms with Gasteiger partial charge in [-0.25, -0.2) is 0 Å². The van der Waals surface area contributed by atoms with Gasteiger partial charge in [0.05, 0.1) is 0 Å². The van der Waals surface area contributed by atoms with E-state index in [1.54, 1.807) is 11.8 Å². The molecule has 0 spiro atoms. The van der Waals surface area contributed by atoms with Gasteiger partial charge < -0.3 is 5.32 Å². The number of hydrogen-bond acceptors (Lipinski definition) is 2. The van der Waals surface area contributed by atoms with Gasteiger partial charge in [-0.2, -0.15) is 0 Å². The molecule has 0 saturated heterocycles. The summed E-state index contributed by atoms with van der Waals surface area (Å²) in [5.74, 6) is 0.822. The van der Waals surface area contributed by atoms with E-state index in [0.717, 1.165) is 26.4 Å². The molecule has 0 heterocycles. The highest BCUT2D eigenvalue weighted by Gasteiger charge is 2.07. The second-order valence-corrected chi connectivity index (χ2v) is 6.82. The molecule has 0 aliphatic heterocycles. The molecule has 110 valence electrons. The van der Waals surface area contributed by atoms with E-state index in [2.05, 4.69) is 27.3 Å². The molecule has 1 N–H and O–H groups in total. The minimum absolute atomic E-state index is 0.0586. The molecule has 0 radical (unpaired) electrons. The molecule has 0 aromatic heterocycles. The molecular weight excluding hydrogens is 346 g/mol. The van der Waals surface area contributed by atoms with Crippen molar-refractivity contribution in [1.29, 1.82) is 0 Å². The first kappa shape index (κ1) is 16.1. The molecule has 0 aliphatic carbocycles. The number of hydrogen-bond donors (Lipinski definition) is 1. The largest absolute Gasteiger partial charge is 0.326 e. The van der Waals surface area contributed by atoms with Gasteiger partial charge in [-0.3, -0.25) is 4.79 Å². The number of thioether (sulfide) groups is 1. The third kappa shape index (κ3) is 4.61. The van der Waals surface area contributed by atoms with E-state index in [4.69, 9.17) is 0 Å². The zero-order chi connectivity index (χ0) is 15.2. The molecule has 1 amide bonds. The molecule has 2 nitrogen and oxygen atoms in total. The molecule has 2 aromatic rings. The van der Waals surface area contributed by atoms with Crippen LogP contribution in [0, 0.1) is 13.8 Å². The third-order valence-corrected chi connectivity index (χ3v) is 5.33. The van der Waals surface area contributed by atoms with Crippen LogP contribution in [0.5, 0.6) is 0 Å². The molecule has 0 unspecified atom stereocenters. The van der Waals surface area contributed by atoms with Crippen LogP contribution < -0.4 is 5.32 Å². The SMILES string of the molecule is Cc1cccc(NC(=O)CCSc2ccccc2Br)c1C. The molecule has 0 fully saturated rings. The number of carbonyl (C=O) groups excluding carboxylic acids is 1. The van der Waals surface area contributed by atoms with E-state index in [1.165, 1.54) is 5.56 Å². The van der Waals surface area contributed by atoms with Crippen LogP contribution in [0.2, 0.25) is 0 Å². The minimum Gasteiger partial charge on any atom is -0.326 e. The van der Waals surface area contributed by atoms with Crippen molar-refractivity contribution in [1.82, 2.24) is 0 Å². The van der Waals surface area contributed by atoms with Crippen molar-refractivity contribution in [3.8, 4) is 0 Å². The zero-order valence-corrected chi connectivity index (χ0v) is 14.6. The first-order valence-corrected chi connectivity index (χ1v) is 8.59. The Morgan fingerprint density at radius 1 is 1.14 bits per heavy atom. The van der Waals surface area contributed by atoms with E-state index in [0.29, 0.717) is 6.42 Å². The summed E-state index contributed by atoms with van der Waals surface area (Å²) in [6.45, 7) is 4.08. The summed E-state index contributed by atoms with van der Waals surface area (Å²) in [6, 6.07) is 14.0. The quantitative estimate of drug-likeness (QED) is 0.740. The van der Waals surface area contributed by atoms with Gasteiger partial charge in [-0.05, 0) is 59.1 Å². The third-order valence-electron chi connectivity index (χ3n) is 3.30. The Morgan fingerprint density at radius 2 is 1.90 bits per heavy atom. The van der Waals surface area contributed by atoms with Crippen molar-refractivity contribution >= 4 is 39.3 Å². The summed E-state index contributed by atoms with van der Waals surface area (Å²) in [5.41, 5.74) is 3.23. The van der Waals surface area contributed by atoms with Crippen LogP contribution >= 0.6 is 27.7 Å². The fraction of sp³-hybridized carbons (Fsp3) is 0.235. The van der Waals surface area contributed by atoms with Crippen molar-refractivity contribution in [2.75, 3.05) is 11.1 Å². The summed E-state index contributed by atoms with van der Waals surface area (Å²) < 4.78 is 1.07. The van der Waals surface area contributed by atoms with Gasteiger partial charge in [0.1, 0.15) is 0 Å². The fourth-order valence-corrected chi connectivity index (χ4v) is 3.43. The topological polar surface area (TPSA) is 29.1 Å². The van der Waals surface area contributed by atoms with Crippen LogP contribution in [0.25, 0.3) is 0 Å². The number of amides is 1. The Balaban J connectivity index is 1.85. The number of benzene rings is 2. The number of anilines is 1. The molecule has 0 atom stereocenters. The molecule has 0 saturated carbocycles. The van der Waals surface area contributed by atoms with E-state index < -0.39 is 0 Å². The summed E-state index contributed by atoms with van der Waals surface area (Å²) in [6.07, 6.45) is 0.499. The van der Waals surface area contributed by atoms with E-state index in [-0.39, 0.29) is 5.91 Å². The van der Waals surface area contributed by atoms with Crippen LogP contribution in [0.15, 0.2) is 51.8 Å². The number of carbonyl (C=O) groups is 1. The Labute approximate surface area is 138 Å². The zero-order valence-electron chi connectivity index (χ0n) is 12.2. The standard InChI is InChI=1S/C17H18BrNOS/c1-12-6-5-8-15(13(12)2)19-17(20)10-11-21-16-9-4-3-7-14(16)18/h3-9H,10-11H2,1-2H3,(H,19,20). The Hall–Kier alpha value is -1.26. The minimum atomic E-state index is 0.0586. The highest BCUT2D eigenvalue weighted by atomic mass is 79.9. The van der Waals surface area contributed by atoms with Gasteiger partial charge in [-0.15, -0.1) is 11.8 Å². The maximum Gasteiger partial charge on any atom is 0.225 e. The average Bonchev–Trinajstić information content (AvgIpc) is 2.46. The number of halogens is 1. The summed E-state index contributed by atoms with van der Waals surface area (Å²) in [5, 5.41) is 2.99. The van der Waals surface area contributed by atoms with Crippen molar-refractivity contribution in [3.63, 3.8) is 0 Å². The predicted molar refractivity (Wildman–Crippen MR) is 94.0 cm³/mol. The second-order valence-electron chi connectivity index (χ2n) is 4.82. The maximum atomic E-state index is 12.0. The molecule has 0 bridgehead atoms. The van der Waals surface area contributed by atoms with Gasteiger partial charge >= 0.3 is 0 Å². The highest BCUT2D eigenvalue weighted by molar-refractivity contribution is 9.10. The normalized spacial score (nSPS) is 10.4. The second kappa shape index (κ2) is 7.66. The van der Waals surface area contributed by atoms with Gasteiger partial charge in [0.15, 0.2) is 0 Å². The van der Waals surface area contributed by atoms with Crippen molar-refractivity contribution in [2.24, 2.45) is 0 Å². The van der Waals surface area contributed by atoms with Crippen LogP contribution in [0.3, 0.4) is 0 Å². The molecule has 2 rings (SSSR count). The molecular formula is C17H18BrNOS. The Bertz CT molecular complexity index is 642. The monoisotopic (exact) mass is 363 g/mol. The first-order valence-electron chi connectivity index (χ1n) is 6.81. The number of rotatable bonds is 5. The highest BCUT2D eigenvalue weighted by Crippen LogP contribution is 2.27. The lowest BCUT2D eigenvalue weighted by Crippen LogP contribution is -2.13. The van der Waals surface area contributed by atoms with Gasteiger partial charge in [0.2, 0.25) is 5.91 Å². The average molecular weight is 364 g/mol. The van der Waals surface area contributed by atoms with Crippen molar-refractivity contribution < 1.29 is 4.79 Å². The van der Waals surface area contributed by atoms with E-state index >= 15 is 0 Å². The van der Waals surface area contributed by atoms with Crippen LogP contribution in [0.1, 0.15) is 17.5 Å². The van der Waals surface area contributed by atoms with Crippen molar-refractivity contribution in [3.05, 3.63) is 58.1 Å². The Kier molecular flexibility index (Phi) is 5.88. The summed E-state index contributed by atoms with van der Waals surface area (Å²) in [7, 11) is 0. The smallest absolute Gasteiger partial charge is 0.225 e. The lowest BCUT2D eigenvalue weighted by molar-refractivity contribution is -0.115. The molecule has 4 heteroatoms. The van der Waals surface area contributed by atoms with Gasteiger partial charge in [0, 0.05) is 27.2 Å². The van der Waals surface area contributed by atoms with Crippen LogP contribution in [-0.2, 0) is 4.79 Å². The van der Waals surface area contributed by atoms with Crippen molar-refractivity contribution in [2.45, 2.75) is 25.2 Å². The van der Waals surface area contributed by atoms with Gasteiger partial charge in [0.25, 0.3) is 0 Å². The lowest BCUT2D eigenvalue weighted by Gasteiger charge is -2.10. The van der Waals surface area contributed by atoms with Crippen LogP contribution in [-0.4, -0.2) is 11.7 Å². The fourth-order valence-electron chi connectivity index (χ4n) is 1.91. The summed E-state index contributed by atoms with van der Waals surface area (Å²) >= 11 is 5.20. The van der Waals surface area contributed by atoms with E-state index in [9.17, 15) is 4.79 Å². The van der Waals surface area contributed by atoms with Crippen LogP contribution in [0.4, 0.5) is 5.69 Å².